The Morgan fingerprint density at radius 1 is 1.25 bits per heavy atom. The molecule has 4 nitrogen and oxygen atoms in total. The van der Waals surface area contributed by atoms with Gasteiger partial charge in [0, 0.05) is 12.5 Å². The summed E-state index contributed by atoms with van der Waals surface area (Å²) in [6.45, 7) is 16.9. The maximum Gasteiger partial charge on any atom is 0.261 e. The lowest BCUT2D eigenvalue weighted by Gasteiger charge is -2.36. The van der Waals surface area contributed by atoms with Gasteiger partial charge in [0.05, 0.1) is 19.8 Å². The van der Waals surface area contributed by atoms with Crippen molar-refractivity contribution in [2.45, 2.75) is 65.0 Å². The summed E-state index contributed by atoms with van der Waals surface area (Å²) in [5, 5.41) is 0.146. The van der Waals surface area contributed by atoms with E-state index in [1.807, 2.05) is 19.9 Å². The van der Waals surface area contributed by atoms with Crippen LogP contribution in [0.3, 0.4) is 0 Å². The molecule has 1 aliphatic rings. The second-order valence-corrected chi connectivity index (χ2v) is 11.6. The zero-order valence-corrected chi connectivity index (χ0v) is 15.0. The third kappa shape index (κ3) is 4.79. The molecule has 20 heavy (non-hydrogen) atoms. The topological polar surface area (TPSA) is 36.9 Å². The number of rotatable bonds is 6. The molecule has 0 unspecified atom stereocenters. The molecule has 0 saturated carbocycles. The van der Waals surface area contributed by atoms with Crippen LogP contribution in [0.1, 0.15) is 41.0 Å². The van der Waals surface area contributed by atoms with Crippen molar-refractivity contribution in [1.29, 1.82) is 0 Å². The predicted molar refractivity (Wildman–Crippen MR) is 82.9 cm³/mol. The van der Waals surface area contributed by atoms with Gasteiger partial charge in [0.15, 0.2) is 5.79 Å². The first kappa shape index (κ1) is 17.5. The summed E-state index contributed by atoms with van der Waals surface area (Å²) in [5.74, 6) is 0.0681. The van der Waals surface area contributed by atoms with Crippen molar-refractivity contribution in [3.8, 4) is 0 Å². The van der Waals surface area contributed by atoms with Gasteiger partial charge in [0.1, 0.15) is 0 Å². The number of hydrogen-bond acceptors (Lipinski definition) is 4. The van der Waals surface area contributed by atoms with Crippen LogP contribution in [0.15, 0.2) is 12.0 Å². The van der Waals surface area contributed by atoms with Crippen LogP contribution in [0, 0.1) is 0 Å². The van der Waals surface area contributed by atoms with Gasteiger partial charge in [-0.15, -0.1) is 0 Å². The van der Waals surface area contributed by atoms with E-state index in [-0.39, 0.29) is 5.04 Å². The highest BCUT2D eigenvalue weighted by Gasteiger charge is 2.40. The lowest BCUT2D eigenvalue weighted by atomic mass is 10.2. The van der Waals surface area contributed by atoms with E-state index in [4.69, 9.17) is 18.6 Å². The fourth-order valence-corrected chi connectivity index (χ4v) is 2.57. The van der Waals surface area contributed by atoms with Crippen molar-refractivity contribution in [3.63, 3.8) is 0 Å². The van der Waals surface area contributed by atoms with Crippen molar-refractivity contribution in [2.24, 2.45) is 0 Å². The Kier molecular flexibility index (Phi) is 5.69. The molecular weight excluding hydrogens is 272 g/mol. The van der Waals surface area contributed by atoms with Crippen LogP contribution in [0.5, 0.6) is 0 Å². The molecule has 1 rings (SSSR count). The van der Waals surface area contributed by atoms with E-state index >= 15 is 0 Å². The lowest BCUT2D eigenvalue weighted by Crippen LogP contribution is -2.40. The van der Waals surface area contributed by atoms with Crippen LogP contribution in [0.2, 0.25) is 18.1 Å². The first-order valence-corrected chi connectivity index (χ1v) is 10.3. The molecule has 1 saturated heterocycles. The molecule has 0 N–H and O–H groups in total. The highest BCUT2D eigenvalue weighted by molar-refractivity contribution is 6.74. The Bertz CT molecular complexity index is 338. The molecule has 0 aromatic rings. The summed E-state index contributed by atoms with van der Waals surface area (Å²) >= 11 is 0. The van der Waals surface area contributed by atoms with E-state index in [0.29, 0.717) is 32.2 Å². The third-order valence-corrected chi connectivity index (χ3v) is 8.31. The summed E-state index contributed by atoms with van der Waals surface area (Å²) in [6, 6.07) is 0. The molecular formula is C15H30O4Si. The van der Waals surface area contributed by atoms with Gasteiger partial charge < -0.3 is 18.6 Å². The number of ether oxygens (including phenoxy) is 3. The zero-order chi connectivity index (χ0) is 15.4. The first-order valence-electron chi connectivity index (χ1n) is 7.39. The molecule has 118 valence electrons. The minimum absolute atomic E-state index is 0.146. The molecule has 1 heterocycles. The second-order valence-electron chi connectivity index (χ2n) is 6.85. The van der Waals surface area contributed by atoms with E-state index < -0.39 is 14.1 Å². The molecule has 0 spiro atoms. The predicted octanol–water partition coefficient (Wildman–Crippen LogP) is 4.04. The minimum atomic E-state index is -1.88. The van der Waals surface area contributed by atoms with Crippen LogP contribution >= 0.6 is 0 Å². The average Bonchev–Trinajstić information content (AvgIpc) is 2.72. The molecule has 0 atom stereocenters. The fourth-order valence-electron chi connectivity index (χ4n) is 1.62. The summed E-state index contributed by atoms with van der Waals surface area (Å²) in [7, 11) is -1.88. The maximum atomic E-state index is 6.21. The molecule has 0 amide bonds. The molecule has 1 aliphatic heterocycles. The van der Waals surface area contributed by atoms with E-state index in [1.165, 1.54) is 0 Å². The Labute approximate surface area is 124 Å². The van der Waals surface area contributed by atoms with Crippen LogP contribution in [0.4, 0.5) is 0 Å². The smallest absolute Gasteiger partial charge is 0.261 e. The molecule has 0 aromatic carbocycles. The van der Waals surface area contributed by atoms with E-state index in [9.17, 15) is 0 Å². The van der Waals surface area contributed by atoms with Crippen molar-refractivity contribution in [2.75, 3.05) is 19.8 Å². The Morgan fingerprint density at radius 3 is 2.25 bits per heavy atom. The minimum Gasteiger partial charge on any atom is -0.519 e. The van der Waals surface area contributed by atoms with Gasteiger partial charge in [0.25, 0.3) is 14.3 Å². The Balaban J connectivity index is 2.73. The average molecular weight is 302 g/mol. The fraction of sp³-hybridized carbons (Fsp3) is 0.867. The Hall–Kier alpha value is -0.523. The van der Waals surface area contributed by atoms with Crippen LogP contribution < -0.4 is 0 Å². The van der Waals surface area contributed by atoms with Gasteiger partial charge in [-0.05, 0) is 32.0 Å². The van der Waals surface area contributed by atoms with Crippen molar-refractivity contribution < 1.29 is 18.6 Å². The number of hydrogen-bond donors (Lipinski definition) is 0. The molecule has 5 heteroatoms. The first-order chi connectivity index (χ1) is 9.10. The quantitative estimate of drug-likeness (QED) is 0.548. The summed E-state index contributed by atoms with van der Waals surface area (Å²) in [4.78, 5) is 0. The van der Waals surface area contributed by atoms with Crippen molar-refractivity contribution in [3.05, 3.63) is 12.0 Å². The summed E-state index contributed by atoms with van der Waals surface area (Å²) in [6.07, 6.45) is 2.59. The van der Waals surface area contributed by atoms with Crippen LogP contribution in [-0.2, 0) is 18.6 Å². The maximum absolute atomic E-state index is 6.21. The van der Waals surface area contributed by atoms with Gasteiger partial charge in [-0.3, -0.25) is 0 Å². The molecule has 0 aromatic heterocycles. The van der Waals surface area contributed by atoms with E-state index in [1.54, 1.807) is 0 Å². The summed E-state index contributed by atoms with van der Waals surface area (Å²) < 4.78 is 23.1. The van der Waals surface area contributed by atoms with E-state index in [0.717, 1.165) is 0 Å². The Morgan fingerprint density at radius 2 is 1.80 bits per heavy atom. The second kappa shape index (κ2) is 6.50. The molecule has 0 aliphatic carbocycles. The van der Waals surface area contributed by atoms with Crippen LogP contribution in [-0.4, -0.2) is 33.9 Å². The standard InChI is InChI=1S/C15H30O4Si/c1-8-16-13(19-20(6,7)14(2,3)4)9-10-15(5)17-11-12-18-15/h9H,8,10-12H2,1-7H3/b13-9-. The lowest BCUT2D eigenvalue weighted by molar-refractivity contribution is -0.139. The van der Waals surface area contributed by atoms with Gasteiger partial charge >= 0.3 is 0 Å². The largest absolute Gasteiger partial charge is 0.519 e. The highest BCUT2D eigenvalue weighted by Crippen LogP contribution is 2.38. The van der Waals surface area contributed by atoms with Crippen molar-refractivity contribution >= 4 is 8.32 Å². The van der Waals surface area contributed by atoms with Gasteiger partial charge in [-0.2, -0.15) is 0 Å². The SMILES string of the molecule is CCO/C(=C/CC1(C)OCCO1)O[Si](C)(C)C(C)(C)C. The molecule has 0 bridgehead atoms. The summed E-state index contributed by atoms with van der Waals surface area (Å²) in [5.41, 5.74) is 0. The zero-order valence-electron chi connectivity index (χ0n) is 14.0. The van der Waals surface area contributed by atoms with Gasteiger partial charge in [0.2, 0.25) is 0 Å². The molecule has 1 fully saturated rings. The van der Waals surface area contributed by atoms with E-state index in [2.05, 4.69) is 33.9 Å². The van der Waals surface area contributed by atoms with Crippen LogP contribution in [0.25, 0.3) is 0 Å². The normalized spacial score (nSPS) is 20.1. The monoisotopic (exact) mass is 302 g/mol. The molecule has 0 radical (unpaired) electrons. The third-order valence-electron chi connectivity index (χ3n) is 3.99. The van der Waals surface area contributed by atoms with Gasteiger partial charge in [-0.25, -0.2) is 0 Å². The van der Waals surface area contributed by atoms with Crippen molar-refractivity contribution in [1.82, 2.24) is 0 Å². The van der Waals surface area contributed by atoms with Gasteiger partial charge in [-0.1, -0.05) is 20.8 Å². The highest BCUT2D eigenvalue weighted by atomic mass is 28.4.